The van der Waals surface area contributed by atoms with Crippen LogP contribution in [0.25, 0.3) is 17.1 Å². The van der Waals surface area contributed by atoms with Crippen LogP contribution in [0.1, 0.15) is 16.8 Å². The molecule has 0 spiro atoms. The van der Waals surface area contributed by atoms with E-state index in [0.29, 0.717) is 28.0 Å². The van der Waals surface area contributed by atoms with Crippen LogP contribution in [0.4, 0.5) is 10.2 Å². The Bertz CT molecular complexity index is 1370. The number of ether oxygens (including phenoxy) is 1. The molecule has 1 amide bonds. The van der Waals surface area contributed by atoms with E-state index in [1.165, 1.54) is 23.9 Å². The molecule has 0 aliphatic heterocycles. The molecule has 172 valence electrons. The fourth-order valence-corrected chi connectivity index (χ4v) is 4.06. The van der Waals surface area contributed by atoms with Crippen molar-refractivity contribution < 1.29 is 13.9 Å². The van der Waals surface area contributed by atoms with Gasteiger partial charge in [-0.05, 0) is 67.9 Å². The number of nitrogens with zero attached hydrogens (tertiary/aromatic N) is 4. The summed E-state index contributed by atoms with van der Waals surface area (Å²) in [7, 11) is 1.60. The molecule has 0 bridgehead atoms. The predicted octanol–water partition coefficient (Wildman–Crippen LogP) is 4.63. The predicted molar refractivity (Wildman–Crippen MR) is 128 cm³/mol. The van der Waals surface area contributed by atoms with Crippen molar-refractivity contribution in [2.75, 3.05) is 18.2 Å². The number of amides is 1. The SMILES string of the molecule is COc1ccc(-c2nc(SCC(=O)Nc3c(C#N)c(C)c(C)n3-c3ccc(F)cc3)n[nH]2)cc1. The van der Waals surface area contributed by atoms with Gasteiger partial charge in [0.15, 0.2) is 5.82 Å². The summed E-state index contributed by atoms with van der Waals surface area (Å²) in [4.78, 5) is 17.2. The average molecular weight is 477 g/mol. The zero-order valence-corrected chi connectivity index (χ0v) is 19.5. The molecule has 4 rings (SSSR count). The van der Waals surface area contributed by atoms with Crippen molar-refractivity contribution in [2.24, 2.45) is 0 Å². The number of carbonyl (C=O) groups is 1. The minimum absolute atomic E-state index is 0.0392. The summed E-state index contributed by atoms with van der Waals surface area (Å²) in [6.07, 6.45) is 0. The molecular weight excluding hydrogens is 455 g/mol. The molecular formula is C24H21FN6O2S. The van der Waals surface area contributed by atoms with Crippen molar-refractivity contribution in [3.63, 3.8) is 0 Å². The Labute approximate surface area is 199 Å². The summed E-state index contributed by atoms with van der Waals surface area (Å²) in [5.74, 6) is 1.02. The topological polar surface area (TPSA) is 109 Å². The van der Waals surface area contributed by atoms with E-state index in [1.807, 2.05) is 38.1 Å². The molecule has 8 nitrogen and oxygen atoms in total. The van der Waals surface area contributed by atoms with E-state index in [0.717, 1.165) is 22.6 Å². The molecule has 0 atom stereocenters. The zero-order valence-electron chi connectivity index (χ0n) is 18.7. The van der Waals surface area contributed by atoms with Gasteiger partial charge in [0.05, 0.1) is 18.4 Å². The van der Waals surface area contributed by atoms with Gasteiger partial charge in [-0.2, -0.15) is 5.26 Å². The van der Waals surface area contributed by atoms with Crippen LogP contribution in [0.2, 0.25) is 0 Å². The van der Waals surface area contributed by atoms with E-state index in [4.69, 9.17) is 4.74 Å². The summed E-state index contributed by atoms with van der Waals surface area (Å²) in [5.41, 5.74) is 3.37. The number of thioether (sulfide) groups is 1. The number of nitrogens with one attached hydrogen (secondary N) is 2. The number of H-pyrrole nitrogens is 1. The Morgan fingerprint density at radius 1 is 1.21 bits per heavy atom. The molecule has 2 aromatic carbocycles. The lowest BCUT2D eigenvalue weighted by molar-refractivity contribution is -0.113. The molecule has 2 N–H and O–H groups in total. The largest absolute Gasteiger partial charge is 0.497 e. The summed E-state index contributed by atoms with van der Waals surface area (Å²) in [6, 6.07) is 15.4. The number of aromatic amines is 1. The van der Waals surface area contributed by atoms with Crippen molar-refractivity contribution in [3.05, 3.63) is 71.2 Å². The lowest BCUT2D eigenvalue weighted by Gasteiger charge is -2.13. The average Bonchev–Trinajstić information content (AvgIpc) is 3.41. The minimum atomic E-state index is -0.367. The van der Waals surface area contributed by atoms with Crippen LogP contribution >= 0.6 is 11.8 Å². The lowest BCUT2D eigenvalue weighted by Crippen LogP contribution is -2.17. The lowest BCUT2D eigenvalue weighted by atomic mass is 10.2. The van der Waals surface area contributed by atoms with E-state index in [-0.39, 0.29) is 17.5 Å². The Hall–Kier alpha value is -4.10. The quantitative estimate of drug-likeness (QED) is 0.377. The number of hydrogen-bond acceptors (Lipinski definition) is 6. The first-order valence-electron chi connectivity index (χ1n) is 10.3. The van der Waals surface area contributed by atoms with Crippen LogP contribution in [0.5, 0.6) is 5.75 Å². The van der Waals surface area contributed by atoms with Gasteiger partial charge < -0.3 is 10.1 Å². The molecule has 34 heavy (non-hydrogen) atoms. The van der Waals surface area contributed by atoms with E-state index in [1.54, 1.807) is 23.8 Å². The summed E-state index contributed by atoms with van der Waals surface area (Å²) >= 11 is 1.17. The van der Waals surface area contributed by atoms with Gasteiger partial charge in [0.25, 0.3) is 0 Å². The van der Waals surface area contributed by atoms with Gasteiger partial charge in [0.2, 0.25) is 11.1 Å². The second-order valence-corrected chi connectivity index (χ2v) is 8.33. The van der Waals surface area contributed by atoms with Gasteiger partial charge >= 0.3 is 0 Å². The first-order valence-corrected chi connectivity index (χ1v) is 11.3. The zero-order chi connectivity index (χ0) is 24.2. The van der Waals surface area contributed by atoms with Gasteiger partial charge in [-0.3, -0.25) is 14.5 Å². The molecule has 0 unspecified atom stereocenters. The summed E-state index contributed by atoms with van der Waals surface area (Å²) < 4.78 is 20.3. The standard InChI is InChI=1S/C24H21FN6O2S/c1-14-15(2)31(18-8-6-17(25)7-9-18)23(20(14)12-26)27-21(32)13-34-24-28-22(29-30-24)16-4-10-19(33-3)11-5-16/h4-11H,13H2,1-3H3,(H,27,32)(H,28,29,30). The van der Waals surface area contributed by atoms with Crippen molar-refractivity contribution in [1.82, 2.24) is 19.7 Å². The molecule has 0 radical (unpaired) electrons. The maximum atomic E-state index is 13.4. The smallest absolute Gasteiger partial charge is 0.236 e. The number of rotatable bonds is 7. The van der Waals surface area contributed by atoms with Gasteiger partial charge in [0.1, 0.15) is 23.5 Å². The Morgan fingerprint density at radius 2 is 1.91 bits per heavy atom. The molecule has 0 aliphatic carbocycles. The number of halogens is 1. The number of aromatic nitrogens is 4. The molecule has 4 aromatic rings. The van der Waals surface area contributed by atoms with Crippen molar-refractivity contribution in [3.8, 4) is 28.9 Å². The van der Waals surface area contributed by atoms with E-state index in [9.17, 15) is 14.4 Å². The third-order valence-electron chi connectivity index (χ3n) is 5.33. The van der Waals surface area contributed by atoms with Crippen LogP contribution < -0.4 is 10.1 Å². The fourth-order valence-electron chi connectivity index (χ4n) is 3.46. The minimum Gasteiger partial charge on any atom is -0.497 e. The van der Waals surface area contributed by atoms with Crippen LogP contribution in [0.15, 0.2) is 53.7 Å². The molecule has 0 fully saturated rings. The monoisotopic (exact) mass is 476 g/mol. The third-order valence-corrected chi connectivity index (χ3v) is 6.18. The van der Waals surface area contributed by atoms with Gasteiger partial charge in [0, 0.05) is 16.9 Å². The Morgan fingerprint density at radius 3 is 2.56 bits per heavy atom. The summed E-state index contributed by atoms with van der Waals surface area (Å²) in [6.45, 7) is 3.66. The number of methoxy groups -OCH3 is 1. The molecule has 0 saturated carbocycles. The second kappa shape index (κ2) is 9.80. The number of carbonyl (C=O) groups excluding carboxylic acids is 1. The maximum absolute atomic E-state index is 13.4. The normalized spacial score (nSPS) is 10.7. The molecule has 0 saturated heterocycles. The number of benzene rings is 2. The highest BCUT2D eigenvalue weighted by Gasteiger charge is 2.21. The van der Waals surface area contributed by atoms with Gasteiger partial charge in [-0.15, -0.1) is 5.10 Å². The van der Waals surface area contributed by atoms with Crippen LogP contribution in [0, 0.1) is 31.0 Å². The molecule has 2 heterocycles. The molecule has 0 aliphatic rings. The fraction of sp³-hybridized carbons (Fsp3) is 0.167. The van der Waals surface area contributed by atoms with Crippen LogP contribution in [-0.2, 0) is 4.79 Å². The summed E-state index contributed by atoms with van der Waals surface area (Å²) in [5, 5.41) is 20.0. The van der Waals surface area contributed by atoms with Gasteiger partial charge in [-0.25, -0.2) is 9.37 Å². The number of hydrogen-bond donors (Lipinski definition) is 2. The van der Waals surface area contributed by atoms with Crippen molar-refractivity contribution >= 4 is 23.5 Å². The van der Waals surface area contributed by atoms with Crippen molar-refractivity contribution in [1.29, 1.82) is 5.26 Å². The number of nitriles is 1. The second-order valence-electron chi connectivity index (χ2n) is 7.39. The highest BCUT2D eigenvalue weighted by Crippen LogP contribution is 2.30. The highest BCUT2D eigenvalue weighted by molar-refractivity contribution is 7.99. The van der Waals surface area contributed by atoms with Crippen LogP contribution in [-0.4, -0.2) is 38.5 Å². The van der Waals surface area contributed by atoms with Gasteiger partial charge in [-0.1, -0.05) is 11.8 Å². The van der Waals surface area contributed by atoms with Crippen molar-refractivity contribution in [2.45, 2.75) is 19.0 Å². The molecule has 2 aromatic heterocycles. The van der Waals surface area contributed by atoms with Crippen LogP contribution in [0.3, 0.4) is 0 Å². The number of anilines is 1. The third kappa shape index (κ3) is 4.65. The first-order chi connectivity index (χ1) is 16.4. The van der Waals surface area contributed by atoms with E-state index >= 15 is 0 Å². The Kier molecular flexibility index (Phi) is 6.65. The Balaban J connectivity index is 1.49. The molecule has 10 heteroatoms. The van der Waals surface area contributed by atoms with E-state index < -0.39 is 0 Å². The maximum Gasteiger partial charge on any atom is 0.236 e. The highest BCUT2D eigenvalue weighted by atomic mass is 32.2. The van der Waals surface area contributed by atoms with E-state index in [2.05, 4.69) is 26.6 Å². The first kappa shape index (κ1) is 23.1.